The van der Waals surface area contributed by atoms with Crippen LogP contribution in [0, 0.1) is 3.82 Å². The minimum atomic E-state index is 1.10. The molecule has 1 aromatic heterocycles. The Morgan fingerprint density at radius 1 is 1.67 bits per heavy atom. The molecular formula is C3H3S3+. The summed E-state index contributed by atoms with van der Waals surface area (Å²) in [5, 5.41) is 2.02. The van der Waals surface area contributed by atoms with Gasteiger partial charge in [-0.3, -0.25) is 0 Å². The lowest BCUT2D eigenvalue weighted by Crippen LogP contribution is -1.31. The highest BCUT2D eigenvalue weighted by Gasteiger charge is 1.79. The Morgan fingerprint density at radius 3 is 2.67 bits per heavy atom. The fourth-order valence-corrected chi connectivity index (χ4v) is 2.10. The van der Waals surface area contributed by atoms with Crippen molar-refractivity contribution in [2.45, 2.75) is 0 Å². The van der Waals surface area contributed by atoms with Crippen molar-refractivity contribution in [2.24, 2.45) is 0 Å². The SMILES string of the molecule is [SH+]=c1ccss1. The molecule has 1 rings (SSSR count). The van der Waals surface area contributed by atoms with E-state index in [4.69, 9.17) is 0 Å². The monoisotopic (exact) mass is 135 g/mol. The predicted molar refractivity (Wildman–Crippen MR) is 34.2 cm³/mol. The maximum atomic E-state index is 4.06. The van der Waals surface area contributed by atoms with E-state index >= 15 is 0 Å². The van der Waals surface area contributed by atoms with Crippen LogP contribution in [0.1, 0.15) is 0 Å². The van der Waals surface area contributed by atoms with Gasteiger partial charge in [-0.2, -0.15) is 0 Å². The topological polar surface area (TPSA) is 0 Å². The molecule has 0 unspecified atom stereocenters. The summed E-state index contributed by atoms with van der Waals surface area (Å²) < 4.78 is 1.10. The summed E-state index contributed by atoms with van der Waals surface area (Å²) in [6.45, 7) is 0. The fourth-order valence-electron chi connectivity index (χ4n) is 0.191. The molecule has 0 spiro atoms. The van der Waals surface area contributed by atoms with Gasteiger partial charge in [0.05, 0.1) is 0 Å². The highest BCUT2D eigenvalue weighted by atomic mass is 32.9. The van der Waals surface area contributed by atoms with Crippen LogP contribution >= 0.6 is 20.7 Å². The van der Waals surface area contributed by atoms with E-state index in [1.807, 2.05) is 11.4 Å². The van der Waals surface area contributed by atoms with Crippen LogP contribution in [-0.2, 0) is 12.2 Å². The Labute approximate surface area is 48.5 Å². The largest absolute Gasteiger partial charge is 0.286 e. The van der Waals surface area contributed by atoms with E-state index in [1.165, 1.54) is 0 Å². The van der Waals surface area contributed by atoms with Gasteiger partial charge in [0.2, 0.25) is 0 Å². The van der Waals surface area contributed by atoms with Gasteiger partial charge in [-0.05, 0) is 10.3 Å². The molecule has 0 atom stereocenters. The summed E-state index contributed by atoms with van der Waals surface area (Å²) in [6.07, 6.45) is 0. The predicted octanol–water partition coefficient (Wildman–Crippen LogP) is 1.62. The smallest absolute Gasteiger partial charge is 0.0832 e. The van der Waals surface area contributed by atoms with Gasteiger partial charge in [0.1, 0.15) is 0 Å². The quantitative estimate of drug-likeness (QED) is 0.219. The molecule has 0 amide bonds. The summed E-state index contributed by atoms with van der Waals surface area (Å²) in [7, 11) is 3.39. The van der Waals surface area contributed by atoms with Crippen molar-refractivity contribution in [3.05, 3.63) is 15.3 Å². The van der Waals surface area contributed by atoms with Crippen molar-refractivity contribution in [3.63, 3.8) is 0 Å². The van der Waals surface area contributed by atoms with E-state index in [-0.39, 0.29) is 0 Å². The van der Waals surface area contributed by atoms with Crippen molar-refractivity contribution in [1.29, 1.82) is 0 Å². The van der Waals surface area contributed by atoms with Crippen LogP contribution in [0.3, 0.4) is 0 Å². The zero-order chi connectivity index (χ0) is 4.41. The normalized spacial score (nSPS) is 8.67. The number of thiol groups is 1. The summed E-state index contributed by atoms with van der Waals surface area (Å²) in [4.78, 5) is 0. The van der Waals surface area contributed by atoms with Gasteiger partial charge < -0.3 is 0 Å². The molecular weight excluding hydrogens is 132 g/mol. The molecule has 1 aromatic rings. The second kappa shape index (κ2) is 1.82. The van der Waals surface area contributed by atoms with Crippen molar-refractivity contribution in [2.75, 3.05) is 0 Å². The lowest BCUT2D eigenvalue weighted by molar-refractivity contribution is 2.07. The minimum Gasteiger partial charge on any atom is -0.0832 e. The van der Waals surface area contributed by atoms with E-state index in [9.17, 15) is 0 Å². The summed E-state index contributed by atoms with van der Waals surface area (Å²) >= 11 is 4.06. The minimum absolute atomic E-state index is 1.10. The fraction of sp³-hybridized carbons (Fsp3) is 0. The van der Waals surface area contributed by atoms with Crippen LogP contribution < -0.4 is 0 Å². The molecule has 0 aliphatic rings. The van der Waals surface area contributed by atoms with Gasteiger partial charge in [0.15, 0.2) is 12.2 Å². The second-order valence-electron chi connectivity index (χ2n) is 0.821. The third-order valence-electron chi connectivity index (χ3n) is 0.400. The van der Waals surface area contributed by atoms with Crippen LogP contribution in [0.2, 0.25) is 0 Å². The highest BCUT2D eigenvalue weighted by molar-refractivity contribution is 7.71. The third kappa shape index (κ3) is 0.864. The molecule has 3 heteroatoms. The van der Waals surface area contributed by atoms with Crippen LogP contribution in [0.25, 0.3) is 0 Å². The molecule has 1 heterocycles. The first-order chi connectivity index (χ1) is 2.89. The number of hydrogen-bond donors (Lipinski definition) is 0. The molecule has 0 saturated carbocycles. The Hall–Kier alpha value is 0.270. The molecule has 0 fully saturated rings. The third-order valence-corrected chi connectivity index (χ3v) is 3.00. The van der Waals surface area contributed by atoms with Crippen LogP contribution in [0.15, 0.2) is 11.4 Å². The molecule has 0 nitrogen and oxygen atoms in total. The second-order valence-corrected chi connectivity index (χ2v) is 3.75. The van der Waals surface area contributed by atoms with Crippen LogP contribution in [0.4, 0.5) is 0 Å². The van der Waals surface area contributed by atoms with Crippen molar-refractivity contribution in [1.82, 2.24) is 0 Å². The Morgan fingerprint density at radius 2 is 2.50 bits per heavy atom. The average Bonchev–Trinajstić information content (AvgIpc) is 1.86. The average molecular weight is 135 g/mol. The van der Waals surface area contributed by atoms with Crippen molar-refractivity contribution < 1.29 is 0 Å². The Bertz CT molecular complexity index is 144. The first-order valence-corrected chi connectivity index (χ1v) is 4.11. The van der Waals surface area contributed by atoms with Crippen molar-refractivity contribution in [3.8, 4) is 0 Å². The van der Waals surface area contributed by atoms with Gasteiger partial charge >= 0.3 is 0 Å². The number of hydrogen-bond acceptors (Lipinski definition) is 2. The zero-order valence-electron chi connectivity index (χ0n) is 2.92. The van der Waals surface area contributed by atoms with Crippen LogP contribution in [0.5, 0.6) is 0 Å². The zero-order valence-corrected chi connectivity index (χ0v) is 5.45. The van der Waals surface area contributed by atoms with E-state index in [0.29, 0.717) is 0 Å². The van der Waals surface area contributed by atoms with E-state index in [1.54, 1.807) is 20.7 Å². The molecule has 0 aromatic carbocycles. The van der Waals surface area contributed by atoms with E-state index < -0.39 is 0 Å². The Kier molecular flexibility index (Phi) is 1.34. The first-order valence-electron chi connectivity index (χ1n) is 1.45. The molecule has 0 saturated heterocycles. The number of rotatable bonds is 0. The summed E-state index contributed by atoms with van der Waals surface area (Å²) in [5.41, 5.74) is 0. The molecule has 0 radical (unpaired) electrons. The maximum absolute atomic E-state index is 4.06. The molecule has 0 aliphatic carbocycles. The van der Waals surface area contributed by atoms with Crippen LogP contribution in [-0.4, -0.2) is 0 Å². The van der Waals surface area contributed by atoms with E-state index in [0.717, 1.165) is 3.82 Å². The van der Waals surface area contributed by atoms with Gasteiger partial charge in [0, 0.05) is 11.4 Å². The molecule has 0 aliphatic heterocycles. The summed E-state index contributed by atoms with van der Waals surface area (Å²) in [6, 6.07) is 1.98. The molecule has 32 valence electrons. The first kappa shape index (κ1) is 4.43. The van der Waals surface area contributed by atoms with Gasteiger partial charge in [-0.25, -0.2) is 0 Å². The highest BCUT2D eigenvalue weighted by Crippen LogP contribution is 2.05. The lowest BCUT2D eigenvalue weighted by Gasteiger charge is -1.36. The van der Waals surface area contributed by atoms with E-state index in [2.05, 4.69) is 12.2 Å². The van der Waals surface area contributed by atoms with Gasteiger partial charge in [-0.15, -0.1) is 0 Å². The maximum Gasteiger partial charge on any atom is 0.286 e. The Balaban J connectivity index is 3.41. The standard InChI is InChI=1S/C3H2S3/c4-3-1-2-5-6-3/h1-2H/p+1. The molecule has 0 N–H and O–H groups in total. The summed E-state index contributed by atoms with van der Waals surface area (Å²) in [5.74, 6) is 0. The van der Waals surface area contributed by atoms with Crippen molar-refractivity contribution >= 4 is 32.9 Å². The van der Waals surface area contributed by atoms with Gasteiger partial charge in [0.25, 0.3) is 3.82 Å². The lowest BCUT2D eigenvalue weighted by atomic mass is 10.8. The molecule has 0 bridgehead atoms. The van der Waals surface area contributed by atoms with Gasteiger partial charge in [-0.1, -0.05) is 10.3 Å². The molecule has 6 heavy (non-hydrogen) atoms.